The number of anilines is 1. The van der Waals surface area contributed by atoms with E-state index in [-0.39, 0.29) is 18.4 Å². The van der Waals surface area contributed by atoms with E-state index in [1.54, 1.807) is 0 Å². The van der Waals surface area contributed by atoms with Crippen LogP contribution in [0.4, 0.5) is 5.95 Å². The number of aromatic nitrogens is 4. The summed E-state index contributed by atoms with van der Waals surface area (Å²) in [5.74, 6) is 0.220. The minimum Gasteiger partial charge on any atom is -0.367 e. The van der Waals surface area contributed by atoms with Gasteiger partial charge in [0.05, 0.1) is 0 Å². The van der Waals surface area contributed by atoms with Crippen molar-refractivity contribution in [2.24, 2.45) is 5.41 Å². The molecule has 0 spiro atoms. The summed E-state index contributed by atoms with van der Waals surface area (Å²) in [6.45, 7) is 6.17. The minimum atomic E-state index is 0.0396. The van der Waals surface area contributed by atoms with Gasteiger partial charge < -0.3 is 10.6 Å². The summed E-state index contributed by atoms with van der Waals surface area (Å²) in [5.41, 5.74) is 5.84. The zero-order valence-electron chi connectivity index (χ0n) is 11.0. The fourth-order valence-electron chi connectivity index (χ4n) is 2.53. The molecular formula is C11H20N6O. The highest BCUT2D eigenvalue weighted by atomic mass is 16.2. The smallest absolute Gasteiger partial charge is 0.244 e. The maximum Gasteiger partial charge on any atom is 0.244 e. The first-order valence-corrected chi connectivity index (χ1v) is 6.39. The van der Waals surface area contributed by atoms with Gasteiger partial charge in [0.1, 0.15) is 6.54 Å². The number of carbonyl (C=O) groups is 1. The van der Waals surface area contributed by atoms with Gasteiger partial charge in [-0.25, -0.2) is 4.68 Å². The van der Waals surface area contributed by atoms with E-state index in [0.29, 0.717) is 5.41 Å². The first-order chi connectivity index (χ1) is 8.60. The van der Waals surface area contributed by atoms with Crippen molar-refractivity contribution in [3.8, 4) is 0 Å². The Morgan fingerprint density at radius 3 is 2.67 bits per heavy atom. The quantitative estimate of drug-likeness (QED) is 0.832. The summed E-state index contributed by atoms with van der Waals surface area (Å²) >= 11 is 0. The number of nitrogens with two attached hydrogens (primary N) is 1. The third-order valence-corrected chi connectivity index (χ3v) is 4.14. The van der Waals surface area contributed by atoms with Crippen LogP contribution in [-0.4, -0.2) is 44.1 Å². The van der Waals surface area contributed by atoms with Crippen molar-refractivity contribution in [3.63, 3.8) is 0 Å². The van der Waals surface area contributed by atoms with Gasteiger partial charge in [-0.2, -0.15) is 0 Å². The molecule has 7 nitrogen and oxygen atoms in total. The molecule has 7 heteroatoms. The van der Waals surface area contributed by atoms with E-state index in [0.717, 1.165) is 32.4 Å². The van der Waals surface area contributed by atoms with Gasteiger partial charge >= 0.3 is 0 Å². The standard InChI is InChI=1S/C11H20N6O/c1-3-11(4-2)5-6-16(8-11)9(18)7-17-10(12)13-14-15-17/h3-8H2,1-2H3,(H2,12,13,15). The molecule has 0 unspecified atom stereocenters. The highest BCUT2D eigenvalue weighted by Gasteiger charge is 2.37. The van der Waals surface area contributed by atoms with Crippen molar-refractivity contribution >= 4 is 11.9 Å². The highest BCUT2D eigenvalue weighted by Crippen LogP contribution is 2.36. The highest BCUT2D eigenvalue weighted by molar-refractivity contribution is 5.76. The summed E-state index contributed by atoms with van der Waals surface area (Å²) in [4.78, 5) is 14.0. The molecule has 1 saturated heterocycles. The molecule has 1 aliphatic rings. The number of nitrogens with zero attached hydrogens (tertiary/aromatic N) is 5. The SMILES string of the molecule is CCC1(CC)CCN(C(=O)Cn2nnnc2N)C1. The third-order valence-electron chi connectivity index (χ3n) is 4.14. The van der Waals surface area contributed by atoms with Crippen molar-refractivity contribution in [1.82, 2.24) is 25.1 Å². The molecule has 0 aromatic carbocycles. The fraction of sp³-hybridized carbons (Fsp3) is 0.818. The zero-order valence-corrected chi connectivity index (χ0v) is 11.0. The molecular weight excluding hydrogens is 232 g/mol. The Morgan fingerprint density at radius 2 is 2.17 bits per heavy atom. The molecule has 1 aromatic rings. The molecule has 0 bridgehead atoms. The van der Waals surface area contributed by atoms with Crippen LogP contribution in [0.15, 0.2) is 0 Å². The lowest BCUT2D eigenvalue weighted by Gasteiger charge is -2.26. The van der Waals surface area contributed by atoms with Gasteiger partial charge in [0.15, 0.2) is 0 Å². The Kier molecular flexibility index (Phi) is 3.49. The Bertz CT molecular complexity index is 425. The predicted octanol–water partition coefficient (Wildman–Crippen LogP) is 0.294. The summed E-state index contributed by atoms with van der Waals surface area (Å²) in [5, 5.41) is 10.7. The minimum absolute atomic E-state index is 0.0396. The first-order valence-electron chi connectivity index (χ1n) is 6.39. The summed E-state index contributed by atoms with van der Waals surface area (Å²) < 4.78 is 1.33. The molecule has 0 atom stereocenters. The number of likely N-dealkylation sites (tertiary alicyclic amines) is 1. The van der Waals surface area contributed by atoms with Crippen molar-refractivity contribution in [2.75, 3.05) is 18.8 Å². The van der Waals surface area contributed by atoms with Crippen LogP contribution < -0.4 is 5.73 Å². The largest absolute Gasteiger partial charge is 0.367 e. The molecule has 1 aromatic heterocycles. The van der Waals surface area contributed by atoms with Crippen LogP contribution >= 0.6 is 0 Å². The van der Waals surface area contributed by atoms with Crippen LogP contribution in [0.5, 0.6) is 0 Å². The van der Waals surface area contributed by atoms with E-state index in [2.05, 4.69) is 29.4 Å². The Balaban J connectivity index is 1.98. The molecule has 1 fully saturated rings. The van der Waals surface area contributed by atoms with E-state index < -0.39 is 0 Å². The molecule has 2 N–H and O–H groups in total. The van der Waals surface area contributed by atoms with E-state index in [4.69, 9.17) is 5.73 Å². The maximum atomic E-state index is 12.1. The monoisotopic (exact) mass is 252 g/mol. The van der Waals surface area contributed by atoms with E-state index in [1.165, 1.54) is 4.68 Å². The van der Waals surface area contributed by atoms with Gasteiger partial charge in [0.25, 0.3) is 0 Å². The molecule has 1 aliphatic heterocycles. The number of hydrogen-bond donors (Lipinski definition) is 1. The predicted molar refractivity (Wildman–Crippen MR) is 66.4 cm³/mol. The topological polar surface area (TPSA) is 89.9 Å². The molecule has 18 heavy (non-hydrogen) atoms. The summed E-state index contributed by atoms with van der Waals surface area (Å²) in [7, 11) is 0. The van der Waals surface area contributed by atoms with Crippen molar-refractivity contribution in [3.05, 3.63) is 0 Å². The summed E-state index contributed by atoms with van der Waals surface area (Å²) in [6.07, 6.45) is 3.30. The van der Waals surface area contributed by atoms with Gasteiger partial charge in [0.2, 0.25) is 11.9 Å². The average Bonchev–Trinajstić information content (AvgIpc) is 2.97. The second-order valence-corrected chi connectivity index (χ2v) is 4.97. The third kappa shape index (κ3) is 2.30. The normalized spacial score (nSPS) is 18.2. The lowest BCUT2D eigenvalue weighted by molar-refractivity contribution is -0.131. The molecule has 0 aliphatic carbocycles. The molecule has 2 heterocycles. The Hall–Kier alpha value is -1.66. The van der Waals surface area contributed by atoms with Crippen molar-refractivity contribution < 1.29 is 4.79 Å². The number of nitrogen functional groups attached to an aromatic ring is 1. The lowest BCUT2D eigenvalue weighted by atomic mass is 9.82. The van der Waals surface area contributed by atoms with Gasteiger partial charge in [-0.1, -0.05) is 18.9 Å². The van der Waals surface area contributed by atoms with Crippen LogP contribution in [0.25, 0.3) is 0 Å². The number of carbonyl (C=O) groups excluding carboxylic acids is 1. The van der Waals surface area contributed by atoms with Crippen LogP contribution in [0.2, 0.25) is 0 Å². The molecule has 0 saturated carbocycles. The van der Waals surface area contributed by atoms with Crippen LogP contribution in [-0.2, 0) is 11.3 Å². The zero-order chi connectivity index (χ0) is 13.2. The number of tetrazole rings is 1. The molecule has 1 amide bonds. The average molecular weight is 252 g/mol. The van der Waals surface area contributed by atoms with Crippen LogP contribution in [0, 0.1) is 5.41 Å². The van der Waals surface area contributed by atoms with Gasteiger partial charge in [-0.15, -0.1) is 0 Å². The summed E-state index contributed by atoms with van der Waals surface area (Å²) in [6, 6.07) is 0. The second kappa shape index (κ2) is 4.91. The van der Waals surface area contributed by atoms with Crippen molar-refractivity contribution in [2.45, 2.75) is 39.7 Å². The Labute approximate surface area is 106 Å². The number of hydrogen-bond acceptors (Lipinski definition) is 5. The fourth-order valence-corrected chi connectivity index (χ4v) is 2.53. The van der Waals surface area contributed by atoms with Gasteiger partial charge in [0, 0.05) is 13.1 Å². The lowest BCUT2D eigenvalue weighted by Crippen LogP contribution is -2.34. The molecule has 100 valence electrons. The van der Waals surface area contributed by atoms with Crippen LogP contribution in [0.1, 0.15) is 33.1 Å². The Morgan fingerprint density at radius 1 is 1.44 bits per heavy atom. The van der Waals surface area contributed by atoms with E-state index in [1.807, 2.05) is 4.90 Å². The maximum absolute atomic E-state index is 12.1. The van der Waals surface area contributed by atoms with Gasteiger partial charge in [-0.3, -0.25) is 4.79 Å². The molecule has 0 radical (unpaired) electrons. The van der Waals surface area contributed by atoms with E-state index in [9.17, 15) is 4.79 Å². The van der Waals surface area contributed by atoms with E-state index >= 15 is 0 Å². The second-order valence-electron chi connectivity index (χ2n) is 4.97. The van der Waals surface area contributed by atoms with Crippen molar-refractivity contribution in [1.29, 1.82) is 0 Å². The van der Waals surface area contributed by atoms with Crippen LogP contribution in [0.3, 0.4) is 0 Å². The molecule has 2 rings (SSSR count). The first kappa shape index (κ1) is 12.8. The number of rotatable bonds is 4. The number of amides is 1. The van der Waals surface area contributed by atoms with Gasteiger partial charge in [-0.05, 0) is 35.1 Å².